The van der Waals surface area contributed by atoms with E-state index in [4.69, 9.17) is 0 Å². The Morgan fingerprint density at radius 3 is 2.36 bits per heavy atom. The number of carboxylic acid groups (broad SMARTS) is 1. The minimum Gasteiger partial charge on any atom is -0.549 e. The fourth-order valence-corrected chi connectivity index (χ4v) is 0.468. The fourth-order valence-electron chi connectivity index (χ4n) is 0.195. The summed E-state index contributed by atoms with van der Waals surface area (Å²) in [5, 5.41) is 9.64. The van der Waals surface area contributed by atoms with E-state index < -0.39 is 22.6 Å². The van der Waals surface area contributed by atoms with Gasteiger partial charge in [0.2, 0.25) is 0 Å². The van der Waals surface area contributed by atoms with Crippen LogP contribution in [0.3, 0.4) is 0 Å². The normalized spacial score (nSPS) is 10.3. The molecular weight excluding hydrogens is 201 g/mol. The van der Waals surface area contributed by atoms with Crippen molar-refractivity contribution in [2.24, 2.45) is 0 Å². The Morgan fingerprint density at radius 2 is 2.09 bits per heavy atom. The van der Waals surface area contributed by atoms with Crippen LogP contribution < -0.4 is 62.0 Å². The maximum Gasteiger partial charge on any atom is 1.00 e. The van der Waals surface area contributed by atoms with E-state index in [0.29, 0.717) is 0 Å². The summed E-state index contributed by atoms with van der Waals surface area (Å²) in [7, 11) is -3.62. The van der Waals surface area contributed by atoms with Crippen LogP contribution in [0.4, 0.5) is 0 Å². The van der Waals surface area contributed by atoms with E-state index in [1.807, 2.05) is 0 Å². The van der Waals surface area contributed by atoms with Crippen LogP contribution in [-0.2, 0) is 19.2 Å². The molecule has 0 aliphatic carbocycles. The largest absolute Gasteiger partial charge is 1.00 e. The molecule has 60 valence electrons. The Balaban J connectivity index is 0. The van der Waals surface area contributed by atoms with Gasteiger partial charge in [0.05, 0.1) is 18.8 Å². The van der Waals surface area contributed by atoms with Crippen LogP contribution >= 0.6 is 0 Å². The molecule has 0 aliphatic heterocycles. The van der Waals surface area contributed by atoms with E-state index in [2.05, 4.69) is 4.28 Å². The molecule has 0 heterocycles. The maximum atomic E-state index is 10.1. The van der Waals surface area contributed by atoms with E-state index in [1.165, 1.54) is 0 Å². The van der Waals surface area contributed by atoms with Crippen molar-refractivity contribution in [2.45, 2.75) is 0 Å². The van der Waals surface area contributed by atoms with Crippen molar-refractivity contribution in [2.75, 3.05) is 12.8 Å². The second-order valence-corrected chi connectivity index (χ2v) is 3.06. The van der Waals surface area contributed by atoms with E-state index in [-0.39, 0.29) is 51.4 Å². The number of hydrogen-bond donors (Lipinski definition) is 1. The first kappa shape index (κ1) is 14.5. The van der Waals surface area contributed by atoms with Crippen LogP contribution in [0, 0.1) is 0 Å². The molecule has 8 heteroatoms. The summed E-state index contributed by atoms with van der Waals surface area (Å²) >= 11 is 0. The van der Waals surface area contributed by atoms with Crippen molar-refractivity contribution in [1.29, 1.82) is 0 Å². The van der Waals surface area contributed by atoms with Crippen LogP contribution in [0.25, 0.3) is 0 Å². The zero-order valence-corrected chi connectivity index (χ0v) is 10.1. The number of hydrogen-bond acceptors (Lipinski definition) is 6. The molecule has 0 bridgehead atoms. The van der Waals surface area contributed by atoms with Crippen molar-refractivity contribution in [3.8, 4) is 0 Å². The Hall–Kier alpha value is 0.976. The second kappa shape index (κ2) is 6.49. The van der Waals surface area contributed by atoms with Gasteiger partial charge >= 0.3 is 51.4 Å². The molecular formula is C3H6KNO5S. The number of nitrogens with one attached hydrogen (secondary N) is 1. The molecule has 0 aromatic heterocycles. The number of carbonyl (C=O) groups excluding carboxylic acids is 1. The van der Waals surface area contributed by atoms with Crippen molar-refractivity contribution < 1.29 is 74.0 Å². The molecule has 0 spiro atoms. The van der Waals surface area contributed by atoms with E-state index >= 15 is 0 Å². The number of rotatable bonds is 4. The molecule has 0 aromatic carbocycles. The van der Waals surface area contributed by atoms with Gasteiger partial charge in [-0.25, -0.2) is 0 Å². The van der Waals surface area contributed by atoms with Gasteiger partial charge in [-0.15, -0.1) is 0 Å². The molecule has 0 saturated carbocycles. The van der Waals surface area contributed by atoms with Gasteiger partial charge in [-0.2, -0.15) is 18.2 Å². The zero-order chi connectivity index (χ0) is 8.20. The van der Waals surface area contributed by atoms with Gasteiger partial charge in [-0.1, -0.05) is 0 Å². The first-order valence-electron chi connectivity index (χ1n) is 2.23. The zero-order valence-electron chi connectivity index (χ0n) is 6.16. The fraction of sp³-hybridized carbons (Fsp3) is 0.667. The van der Waals surface area contributed by atoms with E-state index in [1.54, 1.807) is 5.48 Å². The average Bonchev–Trinajstić information content (AvgIpc) is 1.59. The molecule has 0 aliphatic rings. The quantitative estimate of drug-likeness (QED) is 0.364. The second-order valence-electron chi connectivity index (χ2n) is 1.48. The molecule has 0 rings (SSSR count). The maximum absolute atomic E-state index is 10.1. The topological polar surface area (TPSA) is 95.5 Å². The summed E-state index contributed by atoms with van der Waals surface area (Å²) in [4.78, 5) is 9.64. The first-order valence-corrected chi connectivity index (χ1v) is 4.04. The van der Waals surface area contributed by atoms with E-state index in [9.17, 15) is 18.3 Å². The van der Waals surface area contributed by atoms with Crippen molar-refractivity contribution >= 4 is 16.1 Å². The van der Waals surface area contributed by atoms with Crippen LogP contribution in [-0.4, -0.2) is 27.2 Å². The summed E-state index contributed by atoms with van der Waals surface area (Å²) in [6.45, 7) is -0.660. The average molecular weight is 207 g/mol. The standard InChI is InChI=1S/C3H7NO5S.K/c1-10(7,8)9-4-2-3(5)6;/h4H,2H2,1H3,(H,5,6);/q;+1/p-1. The Labute approximate surface area is 107 Å². The third kappa shape index (κ3) is 13.9. The summed E-state index contributed by atoms with van der Waals surface area (Å²) in [5.74, 6) is -1.44. The molecule has 11 heavy (non-hydrogen) atoms. The minimum atomic E-state index is -3.62. The smallest absolute Gasteiger partial charge is 0.549 e. The van der Waals surface area contributed by atoms with Gasteiger partial charge in [-0.05, 0) is 0 Å². The number of carboxylic acids is 1. The predicted molar refractivity (Wildman–Crippen MR) is 28.9 cm³/mol. The first-order chi connectivity index (χ1) is 4.42. The summed E-state index contributed by atoms with van der Waals surface area (Å²) in [5.41, 5.74) is 1.67. The van der Waals surface area contributed by atoms with Gasteiger partial charge in [0.1, 0.15) is 0 Å². The van der Waals surface area contributed by atoms with Crippen molar-refractivity contribution in [3.05, 3.63) is 0 Å². The molecule has 0 fully saturated rings. The molecule has 0 amide bonds. The molecule has 0 aromatic rings. The SMILES string of the molecule is CS(=O)(=O)ONCC(=O)[O-].[K+]. The molecule has 1 N–H and O–H groups in total. The summed E-state index contributed by atoms with van der Waals surface area (Å²) < 4.78 is 24.1. The van der Waals surface area contributed by atoms with Crippen molar-refractivity contribution in [1.82, 2.24) is 5.48 Å². The number of carbonyl (C=O) groups is 1. The van der Waals surface area contributed by atoms with Gasteiger partial charge < -0.3 is 9.90 Å². The van der Waals surface area contributed by atoms with Crippen molar-refractivity contribution in [3.63, 3.8) is 0 Å². The minimum absolute atomic E-state index is 0. The molecule has 6 nitrogen and oxygen atoms in total. The van der Waals surface area contributed by atoms with Gasteiger partial charge in [-0.3, -0.25) is 0 Å². The van der Waals surface area contributed by atoms with Gasteiger partial charge in [0.25, 0.3) is 10.1 Å². The van der Waals surface area contributed by atoms with Crippen LogP contribution in [0.1, 0.15) is 0 Å². The summed E-state index contributed by atoms with van der Waals surface area (Å²) in [6, 6.07) is 0. The van der Waals surface area contributed by atoms with Crippen LogP contribution in [0.2, 0.25) is 0 Å². The van der Waals surface area contributed by atoms with Crippen LogP contribution in [0.5, 0.6) is 0 Å². The third-order valence-corrected chi connectivity index (χ3v) is 0.847. The summed E-state index contributed by atoms with van der Waals surface area (Å²) in [6.07, 6.45) is 0.787. The van der Waals surface area contributed by atoms with Gasteiger partial charge in [0.15, 0.2) is 0 Å². The number of aliphatic carboxylic acids is 1. The van der Waals surface area contributed by atoms with Gasteiger partial charge in [0, 0.05) is 0 Å². The molecule has 0 unspecified atom stereocenters. The third-order valence-electron chi connectivity index (χ3n) is 0.427. The molecule has 0 radical (unpaired) electrons. The molecule has 0 saturated heterocycles. The Morgan fingerprint density at radius 1 is 1.64 bits per heavy atom. The predicted octanol–water partition coefficient (Wildman–Crippen LogP) is -5.78. The van der Waals surface area contributed by atoms with E-state index in [0.717, 1.165) is 6.26 Å². The molecule has 0 atom stereocenters. The Bertz CT molecular complexity index is 212. The van der Waals surface area contributed by atoms with Crippen LogP contribution in [0.15, 0.2) is 0 Å². The Kier molecular flexibility index (Phi) is 8.55. The number of hydroxylamine groups is 1. The monoisotopic (exact) mass is 207 g/mol.